The fourth-order valence-corrected chi connectivity index (χ4v) is 3.73. The lowest BCUT2D eigenvalue weighted by Gasteiger charge is -2.11. The molecule has 0 atom stereocenters. The van der Waals surface area contributed by atoms with Crippen molar-refractivity contribution in [2.45, 2.75) is 6.92 Å². The van der Waals surface area contributed by atoms with Crippen LogP contribution < -0.4 is 10.6 Å². The van der Waals surface area contributed by atoms with Gasteiger partial charge in [-0.1, -0.05) is 23.2 Å². The number of halogens is 3. The van der Waals surface area contributed by atoms with E-state index in [1.807, 2.05) is 25.1 Å². The summed E-state index contributed by atoms with van der Waals surface area (Å²) in [5.74, 6) is 0.140. The molecule has 0 aliphatic rings. The van der Waals surface area contributed by atoms with E-state index in [1.54, 1.807) is 30.3 Å². The van der Waals surface area contributed by atoms with E-state index in [2.05, 4.69) is 33.2 Å². The van der Waals surface area contributed by atoms with Gasteiger partial charge in [0.25, 0.3) is 5.91 Å². The molecule has 0 aliphatic carbocycles. The molecular weight excluding hydrogens is 518 g/mol. The van der Waals surface area contributed by atoms with Crippen molar-refractivity contribution < 1.29 is 9.21 Å². The predicted molar refractivity (Wildman–Crippen MR) is 122 cm³/mol. The summed E-state index contributed by atoms with van der Waals surface area (Å²) in [6.45, 7) is 1.96. The number of hydrogen-bond donors (Lipinski definition) is 2. The normalized spacial score (nSPS) is 10.5. The minimum absolute atomic E-state index is 0.125. The Morgan fingerprint density at radius 3 is 2.59 bits per heavy atom. The Kier molecular flexibility index (Phi) is 6.41. The Balaban J connectivity index is 1.69. The van der Waals surface area contributed by atoms with Crippen molar-refractivity contribution in [3.63, 3.8) is 0 Å². The van der Waals surface area contributed by atoms with Gasteiger partial charge in [0.05, 0.1) is 5.02 Å². The van der Waals surface area contributed by atoms with Crippen molar-refractivity contribution >= 4 is 74.7 Å². The van der Waals surface area contributed by atoms with E-state index in [1.165, 1.54) is 0 Å². The Morgan fingerprint density at radius 1 is 1.11 bits per heavy atom. The Hall–Kier alpha value is -1.61. The molecule has 138 valence electrons. The first kappa shape index (κ1) is 20.1. The third kappa shape index (κ3) is 5.01. The summed E-state index contributed by atoms with van der Waals surface area (Å²) in [7, 11) is 0. The first-order chi connectivity index (χ1) is 12.8. The topological polar surface area (TPSA) is 54.3 Å². The van der Waals surface area contributed by atoms with Crippen molar-refractivity contribution in [1.82, 2.24) is 5.32 Å². The third-order valence-electron chi connectivity index (χ3n) is 3.69. The molecule has 0 aliphatic heterocycles. The molecule has 1 heterocycles. The summed E-state index contributed by atoms with van der Waals surface area (Å²) >= 11 is 19.5. The third-order valence-corrected chi connectivity index (χ3v) is 5.11. The SMILES string of the molecule is Cc1cc(I)ccc1NC(=S)NC(=O)c1ccc(-c2ccc(Cl)cc2Cl)o1. The lowest BCUT2D eigenvalue weighted by molar-refractivity contribution is 0.0951. The van der Waals surface area contributed by atoms with E-state index in [4.69, 9.17) is 39.8 Å². The number of nitrogens with one attached hydrogen (secondary N) is 2. The van der Waals surface area contributed by atoms with Gasteiger partial charge < -0.3 is 9.73 Å². The van der Waals surface area contributed by atoms with Crippen LogP contribution in [-0.2, 0) is 0 Å². The molecule has 0 unspecified atom stereocenters. The number of rotatable bonds is 3. The van der Waals surface area contributed by atoms with Gasteiger partial charge in [-0.3, -0.25) is 10.1 Å². The minimum Gasteiger partial charge on any atom is -0.451 e. The lowest BCUT2D eigenvalue weighted by Crippen LogP contribution is -2.34. The van der Waals surface area contributed by atoms with Crippen LogP contribution in [0.4, 0.5) is 5.69 Å². The molecule has 1 aromatic heterocycles. The van der Waals surface area contributed by atoms with E-state index in [0.29, 0.717) is 21.4 Å². The standard InChI is InChI=1S/C19H13Cl2IN2O2S/c1-10-8-12(22)3-5-15(10)23-19(27)24-18(25)17-7-6-16(26-17)13-4-2-11(20)9-14(13)21/h2-9H,1H3,(H2,23,24,25,27). The molecule has 3 aromatic rings. The Bertz CT molecular complexity index is 1040. The highest BCUT2D eigenvalue weighted by atomic mass is 127. The highest BCUT2D eigenvalue weighted by molar-refractivity contribution is 14.1. The van der Waals surface area contributed by atoms with Gasteiger partial charge >= 0.3 is 0 Å². The van der Waals surface area contributed by atoms with Crippen LogP contribution in [-0.4, -0.2) is 11.0 Å². The van der Waals surface area contributed by atoms with E-state index < -0.39 is 5.91 Å². The number of hydrogen-bond acceptors (Lipinski definition) is 3. The van der Waals surface area contributed by atoms with Gasteiger partial charge in [0.2, 0.25) is 0 Å². The highest BCUT2D eigenvalue weighted by Gasteiger charge is 2.15. The van der Waals surface area contributed by atoms with Crippen LogP contribution in [0.1, 0.15) is 16.1 Å². The maximum atomic E-state index is 12.4. The van der Waals surface area contributed by atoms with Crippen molar-refractivity contribution in [1.29, 1.82) is 0 Å². The predicted octanol–water partition coefficient (Wildman–Crippen LogP) is 6.29. The molecule has 0 saturated heterocycles. The number of furan rings is 1. The Morgan fingerprint density at radius 2 is 1.89 bits per heavy atom. The van der Waals surface area contributed by atoms with Crippen LogP contribution in [0.2, 0.25) is 10.0 Å². The zero-order valence-electron chi connectivity index (χ0n) is 14.0. The van der Waals surface area contributed by atoms with Gasteiger partial charge in [0.1, 0.15) is 5.76 Å². The average Bonchev–Trinajstić information content (AvgIpc) is 3.07. The Labute approximate surface area is 185 Å². The van der Waals surface area contributed by atoms with Crippen LogP contribution in [0.25, 0.3) is 11.3 Å². The molecule has 2 N–H and O–H groups in total. The number of benzene rings is 2. The molecule has 0 fully saturated rings. The number of amides is 1. The van der Waals surface area contributed by atoms with Crippen molar-refractivity contribution in [3.8, 4) is 11.3 Å². The van der Waals surface area contributed by atoms with Gasteiger partial charge in [-0.05, 0) is 95.8 Å². The van der Waals surface area contributed by atoms with Crippen molar-refractivity contribution in [3.05, 3.63) is 73.5 Å². The van der Waals surface area contributed by atoms with E-state index in [0.717, 1.165) is 14.8 Å². The van der Waals surface area contributed by atoms with E-state index in [9.17, 15) is 4.79 Å². The first-order valence-corrected chi connectivity index (χ1v) is 10.0. The molecule has 3 rings (SSSR count). The molecule has 27 heavy (non-hydrogen) atoms. The maximum absolute atomic E-state index is 12.4. The smallest absolute Gasteiger partial charge is 0.293 e. The molecule has 0 saturated carbocycles. The zero-order chi connectivity index (χ0) is 19.6. The summed E-state index contributed by atoms with van der Waals surface area (Å²) in [6.07, 6.45) is 0. The van der Waals surface area contributed by atoms with Gasteiger partial charge in [-0.2, -0.15) is 0 Å². The van der Waals surface area contributed by atoms with Gasteiger partial charge in [-0.15, -0.1) is 0 Å². The monoisotopic (exact) mass is 530 g/mol. The summed E-state index contributed by atoms with van der Waals surface area (Å²) in [4.78, 5) is 12.4. The lowest BCUT2D eigenvalue weighted by atomic mass is 10.2. The van der Waals surface area contributed by atoms with Crippen LogP contribution in [0.15, 0.2) is 52.9 Å². The van der Waals surface area contributed by atoms with Crippen molar-refractivity contribution in [2.75, 3.05) is 5.32 Å². The quantitative estimate of drug-likeness (QED) is 0.308. The second-order valence-electron chi connectivity index (χ2n) is 5.66. The summed E-state index contributed by atoms with van der Waals surface area (Å²) < 4.78 is 6.73. The molecular formula is C19H13Cl2IN2O2S. The van der Waals surface area contributed by atoms with E-state index in [-0.39, 0.29) is 10.9 Å². The first-order valence-electron chi connectivity index (χ1n) is 7.77. The van der Waals surface area contributed by atoms with Crippen molar-refractivity contribution in [2.24, 2.45) is 0 Å². The number of carbonyl (C=O) groups is 1. The van der Waals surface area contributed by atoms with Crippen LogP contribution >= 0.6 is 58.0 Å². The summed E-state index contributed by atoms with van der Waals surface area (Å²) in [6, 6.07) is 14.2. The summed E-state index contributed by atoms with van der Waals surface area (Å²) in [5, 5.41) is 6.77. The minimum atomic E-state index is -0.452. The molecule has 0 spiro atoms. The average molecular weight is 531 g/mol. The highest BCUT2D eigenvalue weighted by Crippen LogP contribution is 2.31. The largest absolute Gasteiger partial charge is 0.451 e. The second-order valence-corrected chi connectivity index (χ2v) is 8.15. The van der Waals surface area contributed by atoms with Crippen LogP contribution in [0.3, 0.4) is 0 Å². The van der Waals surface area contributed by atoms with Crippen LogP contribution in [0.5, 0.6) is 0 Å². The molecule has 2 aromatic carbocycles. The fourth-order valence-electron chi connectivity index (χ4n) is 2.38. The van der Waals surface area contributed by atoms with E-state index >= 15 is 0 Å². The summed E-state index contributed by atoms with van der Waals surface area (Å²) in [5.41, 5.74) is 2.50. The number of thiocarbonyl (C=S) groups is 1. The van der Waals surface area contributed by atoms with Gasteiger partial charge in [-0.25, -0.2) is 0 Å². The molecule has 8 heteroatoms. The number of anilines is 1. The number of carbonyl (C=O) groups excluding carboxylic acids is 1. The number of aryl methyl sites for hydroxylation is 1. The second kappa shape index (κ2) is 8.60. The van der Waals surface area contributed by atoms with Gasteiger partial charge in [0.15, 0.2) is 10.9 Å². The molecule has 1 amide bonds. The maximum Gasteiger partial charge on any atom is 0.293 e. The molecule has 0 radical (unpaired) electrons. The molecule has 0 bridgehead atoms. The zero-order valence-corrected chi connectivity index (χ0v) is 18.5. The molecule has 4 nitrogen and oxygen atoms in total. The van der Waals surface area contributed by atoms with Crippen LogP contribution in [0, 0.1) is 10.5 Å². The van der Waals surface area contributed by atoms with Gasteiger partial charge in [0, 0.05) is 19.8 Å². The fraction of sp³-hybridized carbons (Fsp3) is 0.0526.